The van der Waals surface area contributed by atoms with Crippen LogP contribution in [0.4, 0.5) is 5.69 Å². The second-order valence-corrected chi connectivity index (χ2v) is 4.56. The third kappa shape index (κ3) is 3.83. The summed E-state index contributed by atoms with van der Waals surface area (Å²) in [4.78, 5) is 11.9. The van der Waals surface area contributed by atoms with E-state index >= 15 is 0 Å². The third-order valence-electron chi connectivity index (χ3n) is 3.21. The molecular formula is C17H16N2O2. The van der Waals surface area contributed by atoms with E-state index in [2.05, 4.69) is 11.4 Å². The van der Waals surface area contributed by atoms with Gasteiger partial charge in [0.2, 0.25) is 0 Å². The summed E-state index contributed by atoms with van der Waals surface area (Å²) in [5, 5.41) is 12.0. The number of hydrogen-bond acceptors (Lipinski definition) is 4. The van der Waals surface area contributed by atoms with Crippen LogP contribution < -0.4 is 5.32 Å². The van der Waals surface area contributed by atoms with Gasteiger partial charge < -0.3 is 10.1 Å². The summed E-state index contributed by atoms with van der Waals surface area (Å²) in [7, 11) is 1.39. The number of esters is 1. The Balaban J connectivity index is 2.09. The Morgan fingerprint density at radius 2 is 1.86 bits per heavy atom. The molecule has 0 aromatic heterocycles. The fraction of sp³-hybridized carbons (Fsp3) is 0.176. The first-order valence-corrected chi connectivity index (χ1v) is 6.61. The fourth-order valence-corrected chi connectivity index (χ4v) is 2.05. The van der Waals surface area contributed by atoms with E-state index in [0.717, 1.165) is 11.3 Å². The summed E-state index contributed by atoms with van der Waals surface area (Å²) in [6.07, 6.45) is 0. The van der Waals surface area contributed by atoms with Crippen LogP contribution in [0.5, 0.6) is 0 Å². The van der Waals surface area contributed by atoms with Crippen molar-refractivity contribution < 1.29 is 9.53 Å². The molecule has 0 radical (unpaired) electrons. The molecule has 0 saturated heterocycles. The van der Waals surface area contributed by atoms with E-state index in [1.54, 1.807) is 12.1 Å². The highest BCUT2D eigenvalue weighted by Crippen LogP contribution is 2.18. The monoisotopic (exact) mass is 280 g/mol. The Morgan fingerprint density at radius 1 is 1.19 bits per heavy atom. The van der Waals surface area contributed by atoms with Crippen LogP contribution in [0, 0.1) is 11.3 Å². The molecule has 0 bridgehead atoms. The van der Waals surface area contributed by atoms with Gasteiger partial charge >= 0.3 is 5.97 Å². The maximum Gasteiger partial charge on any atom is 0.314 e. The van der Waals surface area contributed by atoms with Crippen molar-refractivity contribution in [2.24, 2.45) is 0 Å². The highest BCUT2D eigenvalue weighted by molar-refractivity contribution is 5.78. The first kappa shape index (κ1) is 14.6. The molecule has 2 aromatic rings. The van der Waals surface area contributed by atoms with Crippen molar-refractivity contribution in [3.8, 4) is 6.07 Å². The fourth-order valence-electron chi connectivity index (χ4n) is 2.05. The number of ether oxygens (including phenoxy) is 1. The first-order chi connectivity index (χ1) is 10.2. The zero-order chi connectivity index (χ0) is 15.1. The van der Waals surface area contributed by atoms with Crippen molar-refractivity contribution >= 4 is 11.7 Å². The topological polar surface area (TPSA) is 62.1 Å². The maximum absolute atomic E-state index is 11.9. The van der Waals surface area contributed by atoms with Gasteiger partial charge in [0.15, 0.2) is 0 Å². The minimum Gasteiger partial charge on any atom is -0.468 e. The largest absolute Gasteiger partial charge is 0.468 e. The lowest BCUT2D eigenvalue weighted by molar-refractivity contribution is -0.142. The van der Waals surface area contributed by atoms with Crippen LogP contribution in [0.2, 0.25) is 0 Å². The van der Waals surface area contributed by atoms with E-state index in [-0.39, 0.29) is 11.9 Å². The molecule has 4 nitrogen and oxygen atoms in total. The van der Waals surface area contributed by atoms with Crippen molar-refractivity contribution in [3.63, 3.8) is 0 Å². The molecule has 2 rings (SSSR count). The Morgan fingerprint density at radius 3 is 2.43 bits per heavy atom. The summed E-state index contributed by atoms with van der Waals surface area (Å²) in [6, 6.07) is 18.7. The number of benzene rings is 2. The average Bonchev–Trinajstić information content (AvgIpc) is 2.56. The number of nitrogens with one attached hydrogen (secondary N) is 1. The van der Waals surface area contributed by atoms with E-state index in [1.165, 1.54) is 7.11 Å². The lowest BCUT2D eigenvalue weighted by atomic mass is 9.99. The van der Waals surface area contributed by atoms with E-state index in [4.69, 9.17) is 10.00 Å². The quantitative estimate of drug-likeness (QED) is 0.855. The van der Waals surface area contributed by atoms with E-state index in [0.29, 0.717) is 12.1 Å². The van der Waals surface area contributed by atoms with Crippen LogP contribution in [-0.2, 0) is 9.53 Å². The number of nitrogens with zero attached hydrogens (tertiary/aromatic N) is 1. The maximum atomic E-state index is 11.9. The highest BCUT2D eigenvalue weighted by Gasteiger charge is 2.20. The molecule has 0 saturated carbocycles. The van der Waals surface area contributed by atoms with Crippen molar-refractivity contribution in [2.45, 2.75) is 5.92 Å². The third-order valence-corrected chi connectivity index (χ3v) is 3.21. The Labute approximate surface area is 124 Å². The van der Waals surface area contributed by atoms with E-state index in [9.17, 15) is 4.79 Å². The van der Waals surface area contributed by atoms with Crippen LogP contribution in [0.25, 0.3) is 0 Å². The Hall–Kier alpha value is -2.80. The summed E-state index contributed by atoms with van der Waals surface area (Å²) < 4.78 is 4.87. The number of anilines is 1. The van der Waals surface area contributed by atoms with Gasteiger partial charge in [0, 0.05) is 12.2 Å². The number of rotatable bonds is 5. The first-order valence-electron chi connectivity index (χ1n) is 6.61. The summed E-state index contributed by atoms with van der Waals surface area (Å²) >= 11 is 0. The lowest BCUT2D eigenvalue weighted by Crippen LogP contribution is -2.22. The molecule has 0 amide bonds. The molecule has 0 aliphatic heterocycles. The van der Waals surface area contributed by atoms with Gasteiger partial charge in [-0.1, -0.05) is 30.3 Å². The van der Waals surface area contributed by atoms with Crippen molar-refractivity contribution in [1.82, 2.24) is 0 Å². The summed E-state index contributed by atoms with van der Waals surface area (Å²) in [5.74, 6) is -0.644. The molecule has 0 fully saturated rings. The number of carbonyl (C=O) groups is 1. The average molecular weight is 280 g/mol. The van der Waals surface area contributed by atoms with Crippen LogP contribution >= 0.6 is 0 Å². The normalized spacial score (nSPS) is 11.2. The molecule has 4 heteroatoms. The molecule has 0 spiro atoms. The molecule has 2 aromatic carbocycles. The molecule has 0 heterocycles. The molecular weight excluding hydrogens is 264 g/mol. The number of nitriles is 1. The van der Waals surface area contributed by atoms with Crippen LogP contribution in [0.15, 0.2) is 54.6 Å². The summed E-state index contributed by atoms with van der Waals surface area (Å²) in [6.45, 7) is 0.433. The SMILES string of the molecule is COC(=O)C(CNc1ccc(C#N)cc1)c1ccccc1. The zero-order valence-corrected chi connectivity index (χ0v) is 11.7. The van der Waals surface area contributed by atoms with Gasteiger partial charge in [0.05, 0.1) is 24.7 Å². The van der Waals surface area contributed by atoms with Gasteiger partial charge in [-0.2, -0.15) is 5.26 Å². The standard InChI is InChI=1S/C17H16N2O2/c1-21-17(20)16(14-5-3-2-4-6-14)12-19-15-9-7-13(11-18)8-10-15/h2-10,16,19H,12H2,1H3. The summed E-state index contributed by atoms with van der Waals surface area (Å²) in [5.41, 5.74) is 2.37. The van der Waals surface area contributed by atoms with Crippen LogP contribution in [-0.4, -0.2) is 19.6 Å². The Bertz CT molecular complexity index is 630. The minimum absolute atomic E-state index is 0.276. The van der Waals surface area contributed by atoms with Crippen molar-refractivity contribution in [1.29, 1.82) is 5.26 Å². The van der Waals surface area contributed by atoms with Crippen LogP contribution in [0.3, 0.4) is 0 Å². The van der Waals surface area contributed by atoms with Gasteiger partial charge in [0.25, 0.3) is 0 Å². The zero-order valence-electron chi connectivity index (χ0n) is 11.7. The lowest BCUT2D eigenvalue weighted by Gasteiger charge is -2.16. The van der Waals surface area contributed by atoms with Gasteiger partial charge in [-0.15, -0.1) is 0 Å². The van der Waals surface area contributed by atoms with Crippen molar-refractivity contribution in [2.75, 3.05) is 19.0 Å². The minimum atomic E-state index is -0.369. The molecule has 1 N–H and O–H groups in total. The van der Waals surface area contributed by atoms with Gasteiger partial charge in [-0.3, -0.25) is 4.79 Å². The second kappa shape index (κ2) is 7.11. The van der Waals surface area contributed by atoms with Gasteiger partial charge in [0.1, 0.15) is 0 Å². The Kier molecular flexibility index (Phi) is 4.94. The number of methoxy groups -OCH3 is 1. The molecule has 1 atom stereocenters. The highest BCUT2D eigenvalue weighted by atomic mass is 16.5. The van der Waals surface area contributed by atoms with E-state index in [1.807, 2.05) is 42.5 Å². The van der Waals surface area contributed by atoms with Gasteiger partial charge in [-0.25, -0.2) is 0 Å². The van der Waals surface area contributed by atoms with Gasteiger partial charge in [-0.05, 0) is 29.8 Å². The molecule has 1 unspecified atom stereocenters. The molecule has 106 valence electrons. The molecule has 0 aliphatic carbocycles. The van der Waals surface area contributed by atoms with Crippen LogP contribution in [0.1, 0.15) is 17.0 Å². The molecule has 21 heavy (non-hydrogen) atoms. The van der Waals surface area contributed by atoms with Crippen molar-refractivity contribution in [3.05, 3.63) is 65.7 Å². The second-order valence-electron chi connectivity index (χ2n) is 4.56. The number of hydrogen-bond donors (Lipinski definition) is 1. The predicted molar refractivity (Wildman–Crippen MR) is 80.8 cm³/mol. The smallest absolute Gasteiger partial charge is 0.314 e. The van der Waals surface area contributed by atoms with E-state index < -0.39 is 0 Å². The predicted octanol–water partition coefficient (Wildman–Crippen LogP) is 2.93. The molecule has 0 aliphatic rings. The number of carbonyl (C=O) groups excluding carboxylic acids is 1.